The maximum Gasteiger partial charge on any atom is 0.259 e. The van der Waals surface area contributed by atoms with Gasteiger partial charge in [-0.1, -0.05) is 13.8 Å². The first-order chi connectivity index (χ1) is 11.6. The van der Waals surface area contributed by atoms with E-state index in [0.717, 1.165) is 53.7 Å². The number of aromatic amines is 1. The van der Waals surface area contributed by atoms with Gasteiger partial charge in [-0.3, -0.25) is 4.79 Å². The molecule has 0 saturated carbocycles. The van der Waals surface area contributed by atoms with Gasteiger partial charge in [0.15, 0.2) is 0 Å². The van der Waals surface area contributed by atoms with Gasteiger partial charge in [-0.25, -0.2) is 4.98 Å². The minimum absolute atomic E-state index is 0.0785. The zero-order chi connectivity index (χ0) is 16.7. The fourth-order valence-corrected chi connectivity index (χ4v) is 5.85. The highest BCUT2D eigenvalue weighted by molar-refractivity contribution is 7.18. The Bertz CT molecular complexity index is 784. The van der Waals surface area contributed by atoms with Gasteiger partial charge in [0, 0.05) is 30.9 Å². The van der Waals surface area contributed by atoms with Crippen LogP contribution in [0.25, 0.3) is 10.2 Å². The van der Waals surface area contributed by atoms with E-state index in [-0.39, 0.29) is 5.56 Å². The summed E-state index contributed by atoms with van der Waals surface area (Å²) in [6, 6.07) is 0. The largest absolute Gasteiger partial charge is 0.310 e. The fraction of sp³-hybridized carbons (Fsp3) is 0.684. The highest BCUT2D eigenvalue weighted by Gasteiger charge is 2.22. The lowest BCUT2D eigenvalue weighted by Crippen LogP contribution is -2.40. The number of nitrogens with one attached hydrogen (secondary N) is 1. The SMILES string of the molecule is C[C@H]1C[C@H](C)CN(CCc2nc3sc4c(c3c(=O)[nH]2)CCCC4)C1. The number of rotatable bonds is 3. The first-order valence-electron chi connectivity index (χ1n) is 9.36. The molecule has 2 aliphatic rings. The molecule has 130 valence electrons. The van der Waals surface area contributed by atoms with E-state index in [1.807, 2.05) is 0 Å². The van der Waals surface area contributed by atoms with Crippen molar-refractivity contribution in [2.45, 2.75) is 52.4 Å². The molecule has 2 aromatic rings. The van der Waals surface area contributed by atoms with Crippen molar-refractivity contribution in [1.82, 2.24) is 14.9 Å². The second-order valence-electron chi connectivity index (χ2n) is 7.86. The smallest absolute Gasteiger partial charge is 0.259 e. The lowest BCUT2D eigenvalue weighted by Gasteiger charge is -2.34. The van der Waals surface area contributed by atoms with Gasteiger partial charge in [0.1, 0.15) is 10.7 Å². The Morgan fingerprint density at radius 1 is 1.21 bits per heavy atom. The van der Waals surface area contributed by atoms with Crippen molar-refractivity contribution in [3.05, 3.63) is 26.6 Å². The zero-order valence-corrected chi connectivity index (χ0v) is 15.5. The van der Waals surface area contributed by atoms with Crippen LogP contribution in [0.5, 0.6) is 0 Å². The average Bonchev–Trinajstić information content (AvgIpc) is 2.91. The van der Waals surface area contributed by atoms with Crippen molar-refractivity contribution < 1.29 is 0 Å². The van der Waals surface area contributed by atoms with Gasteiger partial charge in [-0.15, -0.1) is 11.3 Å². The van der Waals surface area contributed by atoms with Crippen molar-refractivity contribution >= 4 is 21.6 Å². The highest BCUT2D eigenvalue weighted by Crippen LogP contribution is 2.33. The Kier molecular flexibility index (Phi) is 4.48. The topological polar surface area (TPSA) is 49.0 Å². The number of piperidine rings is 1. The molecule has 2 atom stereocenters. The van der Waals surface area contributed by atoms with Gasteiger partial charge in [0.25, 0.3) is 5.56 Å². The minimum atomic E-state index is 0.0785. The number of likely N-dealkylation sites (tertiary alicyclic amines) is 1. The van der Waals surface area contributed by atoms with Crippen molar-refractivity contribution in [2.24, 2.45) is 11.8 Å². The second-order valence-corrected chi connectivity index (χ2v) is 8.94. The number of aryl methyl sites for hydroxylation is 2. The minimum Gasteiger partial charge on any atom is -0.310 e. The summed E-state index contributed by atoms with van der Waals surface area (Å²) in [7, 11) is 0. The van der Waals surface area contributed by atoms with Crippen LogP contribution in [0, 0.1) is 11.8 Å². The molecule has 2 aromatic heterocycles. The van der Waals surface area contributed by atoms with E-state index in [0.29, 0.717) is 0 Å². The molecule has 1 aliphatic carbocycles. The number of hydrogen-bond donors (Lipinski definition) is 1. The van der Waals surface area contributed by atoms with Crippen LogP contribution in [-0.2, 0) is 19.3 Å². The molecule has 4 rings (SSSR count). The fourth-order valence-electron chi connectivity index (χ4n) is 4.57. The number of thiophene rings is 1. The molecule has 1 N–H and O–H groups in total. The number of aromatic nitrogens is 2. The summed E-state index contributed by atoms with van der Waals surface area (Å²) in [4.78, 5) is 25.3. The van der Waals surface area contributed by atoms with Gasteiger partial charge in [-0.2, -0.15) is 0 Å². The summed E-state index contributed by atoms with van der Waals surface area (Å²) in [5, 5.41) is 0.874. The maximum absolute atomic E-state index is 12.6. The molecule has 4 nitrogen and oxygen atoms in total. The molecule has 0 bridgehead atoms. The van der Waals surface area contributed by atoms with E-state index in [1.54, 1.807) is 11.3 Å². The number of hydrogen-bond acceptors (Lipinski definition) is 4. The van der Waals surface area contributed by atoms with Crippen LogP contribution in [0.2, 0.25) is 0 Å². The van der Waals surface area contributed by atoms with E-state index >= 15 is 0 Å². The Morgan fingerprint density at radius 3 is 2.75 bits per heavy atom. The Hall–Kier alpha value is -1.20. The summed E-state index contributed by atoms with van der Waals surface area (Å²) in [5.74, 6) is 2.40. The third-order valence-corrected chi connectivity index (χ3v) is 6.67. The van der Waals surface area contributed by atoms with Gasteiger partial charge in [-0.05, 0) is 49.5 Å². The van der Waals surface area contributed by atoms with Crippen molar-refractivity contribution in [3.63, 3.8) is 0 Å². The summed E-state index contributed by atoms with van der Waals surface area (Å²) in [6.45, 7) is 8.01. The molecular formula is C19H27N3OS. The third-order valence-electron chi connectivity index (χ3n) is 5.48. The summed E-state index contributed by atoms with van der Waals surface area (Å²) >= 11 is 1.75. The standard InChI is InChI=1S/C19H27N3OS/c1-12-9-13(2)11-22(10-12)8-7-16-20-18(23)17-14-5-3-4-6-15(14)24-19(17)21-16/h12-13H,3-11H2,1-2H3,(H,20,21,23)/t12-,13-/m0/s1. The van der Waals surface area contributed by atoms with E-state index < -0.39 is 0 Å². The molecule has 5 heteroatoms. The van der Waals surface area contributed by atoms with Crippen molar-refractivity contribution in [2.75, 3.05) is 19.6 Å². The molecule has 0 spiro atoms. The van der Waals surface area contributed by atoms with E-state index in [2.05, 4.69) is 23.7 Å². The Balaban J connectivity index is 1.54. The predicted octanol–water partition coefficient (Wildman–Crippen LogP) is 3.38. The van der Waals surface area contributed by atoms with Gasteiger partial charge >= 0.3 is 0 Å². The van der Waals surface area contributed by atoms with Crippen LogP contribution in [0.15, 0.2) is 4.79 Å². The number of nitrogens with zero attached hydrogens (tertiary/aromatic N) is 2. The lowest BCUT2D eigenvalue weighted by molar-refractivity contribution is 0.142. The van der Waals surface area contributed by atoms with Crippen LogP contribution in [-0.4, -0.2) is 34.5 Å². The zero-order valence-electron chi connectivity index (χ0n) is 14.7. The molecule has 1 saturated heterocycles. The van der Waals surface area contributed by atoms with E-state index in [9.17, 15) is 4.79 Å². The first kappa shape index (κ1) is 16.3. The molecule has 24 heavy (non-hydrogen) atoms. The van der Waals surface area contributed by atoms with Gasteiger partial charge in [0.2, 0.25) is 0 Å². The molecule has 0 amide bonds. The quantitative estimate of drug-likeness (QED) is 0.928. The average molecular weight is 346 g/mol. The second kappa shape index (κ2) is 6.60. The Morgan fingerprint density at radius 2 is 1.96 bits per heavy atom. The number of H-pyrrole nitrogens is 1. The van der Waals surface area contributed by atoms with Crippen LogP contribution in [0.3, 0.4) is 0 Å². The van der Waals surface area contributed by atoms with Gasteiger partial charge < -0.3 is 9.88 Å². The molecule has 1 fully saturated rings. The molecular weight excluding hydrogens is 318 g/mol. The third kappa shape index (κ3) is 3.16. The first-order valence-corrected chi connectivity index (χ1v) is 10.2. The normalized spacial score (nSPS) is 25.1. The molecule has 3 heterocycles. The maximum atomic E-state index is 12.6. The van der Waals surface area contributed by atoms with Crippen molar-refractivity contribution in [3.8, 4) is 0 Å². The molecule has 0 unspecified atom stereocenters. The summed E-state index contributed by atoms with van der Waals surface area (Å²) < 4.78 is 0. The number of fused-ring (bicyclic) bond motifs is 3. The molecule has 0 aromatic carbocycles. The van der Waals surface area contributed by atoms with Crippen LogP contribution in [0.4, 0.5) is 0 Å². The monoisotopic (exact) mass is 345 g/mol. The Labute approximate surface area is 147 Å². The van der Waals surface area contributed by atoms with E-state index in [1.165, 1.54) is 42.8 Å². The highest BCUT2D eigenvalue weighted by atomic mass is 32.1. The van der Waals surface area contributed by atoms with Gasteiger partial charge in [0.05, 0.1) is 5.39 Å². The van der Waals surface area contributed by atoms with Crippen LogP contribution >= 0.6 is 11.3 Å². The summed E-state index contributed by atoms with van der Waals surface area (Å²) in [5.41, 5.74) is 1.36. The molecule has 0 radical (unpaired) electrons. The van der Waals surface area contributed by atoms with Crippen LogP contribution < -0.4 is 5.56 Å². The predicted molar refractivity (Wildman–Crippen MR) is 100.0 cm³/mol. The van der Waals surface area contributed by atoms with Crippen molar-refractivity contribution in [1.29, 1.82) is 0 Å². The summed E-state index contributed by atoms with van der Waals surface area (Å²) in [6.07, 6.45) is 6.78. The van der Waals surface area contributed by atoms with Crippen LogP contribution in [0.1, 0.15) is 49.4 Å². The molecule has 1 aliphatic heterocycles. The lowest BCUT2D eigenvalue weighted by atomic mass is 9.92. The van der Waals surface area contributed by atoms with E-state index in [4.69, 9.17) is 4.98 Å².